The molecule has 0 aliphatic heterocycles. The van der Waals surface area contributed by atoms with Gasteiger partial charge in [0.25, 0.3) is 0 Å². The van der Waals surface area contributed by atoms with E-state index in [4.69, 9.17) is 15.9 Å². The lowest BCUT2D eigenvalue weighted by atomic mass is 10.2. The van der Waals surface area contributed by atoms with E-state index in [9.17, 15) is 4.79 Å². The van der Waals surface area contributed by atoms with Crippen molar-refractivity contribution in [2.24, 2.45) is 11.5 Å². The molecule has 5 nitrogen and oxygen atoms in total. The van der Waals surface area contributed by atoms with Crippen molar-refractivity contribution >= 4 is 5.97 Å². The number of nitrogens with two attached hydrogens (primary N) is 2. The van der Waals surface area contributed by atoms with Gasteiger partial charge in [-0.2, -0.15) is 0 Å². The fraction of sp³-hybridized carbons (Fsp3) is 0.250. The molecule has 0 aliphatic rings. The van der Waals surface area contributed by atoms with Gasteiger partial charge in [-0.1, -0.05) is 11.8 Å². The summed E-state index contributed by atoms with van der Waals surface area (Å²) < 4.78 is 9.89. The second kappa shape index (κ2) is 6.39. The number of esters is 1. The Bertz CT molecular complexity index is 523. The van der Waals surface area contributed by atoms with Crippen molar-refractivity contribution in [2.75, 3.05) is 20.2 Å². The molecular weight excluding hydrogens is 220 g/mol. The lowest BCUT2D eigenvalue weighted by Gasteiger charge is -1.93. The Morgan fingerprint density at radius 2 is 2.00 bits per heavy atom. The van der Waals surface area contributed by atoms with Gasteiger partial charge in [-0.3, -0.25) is 0 Å². The first-order chi connectivity index (χ1) is 8.22. The van der Waals surface area contributed by atoms with Crippen LogP contribution in [0, 0.1) is 23.7 Å². The highest BCUT2D eigenvalue weighted by Gasteiger charge is 2.16. The van der Waals surface area contributed by atoms with Gasteiger partial charge in [0.1, 0.15) is 5.56 Å². The van der Waals surface area contributed by atoms with Crippen LogP contribution in [0.25, 0.3) is 0 Å². The molecule has 1 rings (SSSR count). The van der Waals surface area contributed by atoms with Gasteiger partial charge in [0, 0.05) is 6.07 Å². The first-order valence-electron chi connectivity index (χ1n) is 4.83. The maximum Gasteiger partial charge on any atom is 0.342 e. The molecule has 5 heteroatoms. The summed E-state index contributed by atoms with van der Waals surface area (Å²) in [5.41, 5.74) is 10.7. The molecule has 0 amide bonds. The normalized spacial score (nSPS) is 8.65. The molecule has 4 N–H and O–H groups in total. The van der Waals surface area contributed by atoms with Gasteiger partial charge in [0.05, 0.1) is 20.2 Å². The van der Waals surface area contributed by atoms with Gasteiger partial charge >= 0.3 is 5.97 Å². The molecule has 0 aromatic carbocycles. The highest BCUT2D eigenvalue weighted by atomic mass is 16.5. The molecule has 1 aromatic heterocycles. The summed E-state index contributed by atoms with van der Waals surface area (Å²) in [6.45, 7) is 0.378. The average Bonchev–Trinajstić information content (AvgIpc) is 2.76. The molecule has 0 radical (unpaired) electrons. The van der Waals surface area contributed by atoms with Gasteiger partial charge < -0.3 is 20.6 Å². The zero-order valence-corrected chi connectivity index (χ0v) is 9.37. The highest BCUT2D eigenvalue weighted by Crippen LogP contribution is 2.15. The minimum atomic E-state index is -0.532. The van der Waals surface area contributed by atoms with E-state index in [1.54, 1.807) is 0 Å². The molecule has 0 atom stereocenters. The van der Waals surface area contributed by atoms with Crippen LogP contribution in [0.5, 0.6) is 0 Å². The molecule has 0 saturated carbocycles. The van der Waals surface area contributed by atoms with Crippen molar-refractivity contribution in [3.63, 3.8) is 0 Å². The molecule has 0 spiro atoms. The third kappa shape index (κ3) is 3.39. The minimum Gasteiger partial charge on any atom is -0.465 e. The van der Waals surface area contributed by atoms with Crippen molar-refractivity contribution in [1.29, 1.82) is 0 Å². The average molecular weight is 232 g/mol. The number of carbonyl (C=O) groups is 1. The molecule has 0 fully saturated rings. The molecule has 88 valence electrons. The molecule has 0 aliphatic carbocycles. The predicted octanol–water partition coefficient (Wildman–Crippen LogP) is -0.313. The maximum atomic E-state index is 11.4. The number of hydrogen-bond donors (Lipinski definition) is 2. The zero-order valence-electron chi connectivity index (χ0n) is 9.37. The van der Waals surface area contributed by atoms with Crippen LogP contribution < -0.4 is 11.5 Å². The predicted molar refractivity (Wildman–Crippen MR) is 61.9 cm³/mol. The largest absolute Gasteiger partial charge is 0.465 e. The lowest BCUT2D eigenvalue weighted by molar-refractivity contribution is 0.0599. The van der Waals surface area contributed by atoms with E-state index in [0.717, 1.165) is 0 Å². The van der Waals surface area contributed by atoms with Crippen molar-refractivity contribution in [2.45, 2.75) is 0 Å². The van der Waals surface area contributed by atoms with E-state index in [-0.39, 0.29) is 24.4 Å². The zero-order chi connectivity index (χ0) is 12.7. The third-order valence-corrected chi connectivity index (χ3v) is 1.76. The molecule has 0 bridgehead atoms. The summed E-state index contributed by atoms with van der Waals surface area (Å²) in [5.74, 6) is 10.5. The number of rotatable bonds is 1. The smallest absolute Gasteiger partial charge is 0.342 e. The lowest BCUT2D eigenvalue weighted by Crippen LogP contribution is -2.01. The third-order valence-electron chi connectivity index (χ3n) is 1.76. The number of hydrogen-bond acceptors (Lipinski definition) is 5. The van der Waals surface area contributed by atoms with Crippen LogP contribution in [0.15, 0.2) is 10.5 Å². The summed E-state index contributed by atoms with van der Waals surface area (Å²) in [6.07, 6.45) is 0. The van der Waals surface area contributed by atoms with Crippen molar-refractivity contribution < 1.29 is 13.9 Å². The van der Waals surface area contributed by atoms with E-state index >= 15 is 0 Å². The topological polar surface area (TPSA) is 91.5 Å². The molecule has 17 heavy (non-hydrogen) atoms. The second-order valence-corrected chi connectivity index (χ2v) is 2.86. The van der Waals surface area contributed by atoms with Gasteiger partial charge in [-0.15, -0.1) is 0 Å². The fourth-order valence-electron chi connectivity index (χ4n) is 1.08. The Kier molecular flexibility index (Phi) is 4.83. The van der Waals surface area contributed by atoms with Gasteiger partial charge in [-0.05, 0) is 11.8 Å². The Balaban J connectivity index is 3.16. The summed E-state index contributed by atoms with van der Waals surface area (Å²) in [4.78, 5) is 11.4. The van der Waals surface area contributed by atoms with Gasteiger partial charge in [0.15, 0.2) is 11.5 Å². The van der Waals surface area contributed by atoms with Crippen LogP contribution in [-0.2, 0) is 4.74 Å². The van der Waals surface area contributed by atoms with E-state index in [0.29, 0.717) is 5.76 Å². The number of ether oxygens (including phenoxy) is 1. The van der Waals surface area contributed by atoms with Crippen LogP contribution in [0.3, 0.4) is 0 Å². The van der Waals surface area contributed by atoms with Crippen LogP contribution >= 0.6 is 0 Å². The van der Waals surface area contributed by atoms with E-state index in [2.05, 4.69) is 28.4 Å². The molecular formula is C12H12N2O3. The quantitative estimate of drug-likeness (QED) is 0.511. The number of methoxy groups -OCH3 is 1. The van der Waals surface area contributed by atoms with Crippen LogP contribution in [-0.4, -0.2) is 26.2 Å². The SMILES string of the molecule is COC(=O)c1cc(C#CCN)oc1C#CCN. The maximum absolute atomic E-state index is 11.4. The summed E-state index contributed by atoms with van der Waals surface area (Å²) in [6, 6.07) is 1.47. The van der Waals surface area contributed by atoms with Crippen molar-refractivity contribution in [1.82, 2.24) is 0 Å². The highest BCUT2D eigenvalue weighted by molar-refractivity contribution is 5.91. The van der Waals surface area contributed by atoms with E-state index < -0.39 is 5.97 Å². The molecule has 1 aromatic rings. The Morgan fingerprint density at radius 1 is 1.35 bits per heavy atom. The monoisotopic (exact) mass is 232 g/mol. The molecule has 0 unspecified atom stereocenters. The number of carbonyl (C=O) groups excluding carboxylic acids is 1. The standard InChI is InChI=1S/C12H12N2O3/c1-16-12(15)10-8-9(4-2-6-13)17-11(10)5-3-7-14/h8H,6-7,13-14H2,1H3. The second-order valence-electron chi connectivity index (χ2n) is 2.86. The summed E-state index contributed by atoms with van der Waals surface area (Å²) >= 11 is 0. The first-order valence-corrected chi connectivity index (χ1v) is 4.83. The Morgan fingerprint density at radius 3 is 2.59 bits per heavy atom. The van der Waals surface area contributed by atoms with Crippen LogP contribution in [0.1, 0.15) is 21.9 Å². The Labute approximate surface area is 99.1 Å². The molecule has 0 saturated heterocycles. The van der Waals surface area contributed by atoms with E-state index in [1.807, 2.05) is 0 Å². The van der Waals surface area contributed by atoms with Crippen molar-refractivity contribution in [3.05, 3.63) is 23.2 Å². The molecule has 1 heterocycles. The first kappa shape index (κ1) is 12.9. The van der Waals surface area contributed by atoms with Crippen LogP contribution in [0.2, 0.25) is 0 Å². The van der Waals surface area contributed by atoms with Crippen LogP contribution in [0.4, 0.5) is 0 Å². The van der Waals surface area contributed by atoms with Crippen molar-refractivity contribution in [3.8, 4) is 23.7 Å². The number of furan rings is 1. The fourth-order valence-corrected chi connectivity index (χ4v) is 1.08. The minimum absolute atomic E-state index is 0.172. The Hall–Kier alpha value is -2.21. The summed E-state index contributed by atoms with van der Waals surface area (Å²) in [7, 11) is 1.28. The van der Waals surface area contributed by atoms with Gasteiger partial charge in [0.2, 0.25) is 0 Å². The summed E-state index contributed by atoms with van der Waals surface area (Å²) in [5, 5.41) is 0. The van der Waals surface area contributed by atoms with E-state index in [1.165, 1.54) is 13.2 Å². The van der Waals surface area contributed by atoms with Gasteiger partial charge in [-0.25, -0.2) is 4.79 Å².